The van der Waals surface area contributed by atoms with Crippen LogP contribution in [0.15, 0.2) is 59.5 Å². The van der Waals surface area contributed by atoms with Crippen LogP contribution in [0.25, 0.3) is 16.5 Å². The van der Waals surface area contributed by atoms with E-state index in [1.807, 2.05) is 0 Å². The SMILES string of the molecule is COc1ccccc1-n1cc(C(=O)O)c2ccccc2c1=O. The van der Waals surface area contributed by atoms with Crippen LogP contribution in [0, 0.1) is 0 Å². The highest BCUT2D eigenvalue weighted by molar-refractivity contribution is 6.03. The van der Waals surface area contributed by atoms with Gasteiger partial charge >= 0.3 is 5.97 Å². The number of rotatable bonds is 3. The van der Waals surface area contributed by atoms with Crippen molar-refractivity contribution in [3.63, 3.8) is 0 Å². The molecule has 3 rings (SSSR count). The van der Waals surface area contributed by atoms with Gasteiger partial charge in [0.25, 0.3) is 5.56 Å². The fourth-order valence-corrected chi connectivity index (χ4v) is 2.47. The van der Waals surface area contributed by atoms with Crippen LogP contribution in [0.3, 0.4) is 0 Å². The first-order valence-electron chi connectivity index (χ1n) is 6.64. The highest BCUT2D eigenvalue weighted by atomic mass is 16.5. The van der Waals surface area contributed by atoms with Gasteiger partial charge in [0.2, 0.25) is 0 Å². The number of hydrogen-bond acceptors (Lipinski definition) is 3. The molecule has 0 saturated carbocycles. The minimum Gasteiger partial charge on any atom is -0.495 e. The average Bonchev–Trinajstić information content (AvgIpc) is 2.55. The first-order valence-corrected chi connectivity index (χ1v) is 6.64. The van der Waals surface area contributed by atoms with Gasteiger partial charge in [0.15, 0.2) is 0 Å². The maximum absolute atomic E-state index is 12.7. The quantitative estimate of drug-likeness (QED) is 0.806. The minimum atomic E-state index is -1.08. The van der Waals surface area contributed by atoms with Crippen molar-refractivity contribution < 1.29 is 14.6 Å². The molecule has 0 aliphatic heterocycles. The first kappa shape index (κ1) is 13.9. The fourth-order valence-electron chi connectivity index (χ4n) is 2.47. The summed E-state index contributed by atoms with van der Waals surface area (Å²) in [5.74, 6) is -0.587. The summed E-state index contributed by atoms with van der Waals surface area (Å²) in [5.41, 5.74) is 0.287. The topological polar surface area (TPSA) is 68.5 Å². The molecule has 3 aromatic rings. The number of para-hydroxylation sites is 2. The predicted molar refractivity (Wildman–Crippen MR) is 83.1 cm³/mol. The number of carboxylic acid groups (broad SMARTS) is 1. The molecule has 0 bridgehead atoms. The maximum atomic E-state index is 12.7. The Morgan fingerprint density at radius 3 is 2.36 bits per heavy atom. The summed E-state index contributed by atoms with van der Waals surface area (Å²) in [4.78, 5) is 24.2. The third-order valence-electron chi connectivity index (χ3n) is 3.50. The second kappa shape index (κ2) is 5.37. The Morgan fingerprint density at radius 1 is 1.05 bits per heavy atom. The van der Waals surface area contributed by atoms with Crippen molar-refractivity contribution >= 4 is 16.7 Å². The average molecular weight is 295 g/mol. The number of pyridine rings is 1. The van der Waals surface area contributed by atoms with Gasteiger partial charge < -0.3 is 9.84 Å². The van der Waals surface area contributed by atoms with Crippen molar-refractivity contribution in [1.29, 1.82) is 0 Å². The van der Waals surface area contributed by atoms with Gasteiger partial charge in [-0.3, -0.25) is 9.36 Å². The maximum Gasteiger partial charge on any atom is 0.337 e. The van der Waals surface area contributed by atoms with Gasteiger partial charge in [0.1, 0.15) is 5.75 Å². The summed E-state index contributed by atoms with van der Waals surface area (Å²) < 4.78 is 6.57. The molecular weight excluding hydrogens is 282 g/mol. The van der Waals surface area contributed by atoms with Crippen molar-refractivity contribution in [3.8, 4) is 11.4 Å². The zero-order valence-corrected chi connectivity index (χ0v) is 11.8. The minimum absolute atomic E-state index is 0.0705. The third-order valence-corrected chi connectivity index (χ3v) is 3.50. The van der Waals surface area contributed by atoms with Gasteiger partial charge in [-0.05, 0) is 18.2 Å². The summed E-state index contributed by atoms with van der Waals surface area (Å²) in [5, 5.41) is 10.2. The molecule has 5 nitrogen and oxygen atoms in total. The van der Waals surface area contributed by atoms with E-state index >= 15 is 0 Å². The van der Waals surface area contributed by atoms with Gasteiger partial charge in [-0.25, -0.2) is 4.79 Å². The Hall–Kier alpha value is -3.08. The van der Waals surface area contributed by atoms with E-state index in [1.165, 1.54) is 17.9 Å². The lowest BCUT2D eigenvalue weighted by Crippen LogP contribution is -2.21. The summed E-state index contributed by atoms with van der Waals surface area (Å²) in [7, 11) is 1.50. The Kier molecular flexibility index (Phi) is 3.39. The summed E-state index contributed by atoms with van der Waals surface area (Å²) >= 11 is 0. The first-order chi connectivity index (χ1) is 10.6. The molecule has 0 fully saturated rings. The normalized spacial score (nSPS) is 10.6. The van der Waals surface area contributed by atoms with Crippen LogP contribution in [0.2, 0.25) is 0 Å². The number of methoxy groups -OCH3 is 1. The zero-order valence-electron chi connectivity index (χ0n) is 11.8. The lowest BCUT2D eigenvalue weighted by molar-refractivity contribution is 0.0698. The molecule has 0 aliphatic carbocycles. The number of hydrogen-bond donors (Lipinski definition) is 1. The highest BCUT2D eigenvalue weighted by Gasteiger charge is 2.16. The predicted octanol–water partition coefficient (Wildman–Crippen LogP) is 2.70. The van der Waals surface area contributed by atoms with E-state index in [4.69, 9.17) is 4.74 Å². The Morgan fingerprint density at radius 2 is 1.68 bits per heavy atom. The van der Waals surface area contributed by atoms with E-state index in [2.05, 4.69) is 0 Å². The number of ether oxygens (including phenoxy) is 1. The molecule has 5 heteroatoms. The molecule has 1 N–H and O–H groups in total. The van der Waals surface area contributed by atoms with Crippen molar-refractivity contribution in [2.75, 3.05) is 7.11 Å². The van der Waals surface area contributed by atoms with Crippen LogP contribution in [-0.2, 0) is 0 Å². The van der Waals surface area contributed by atoms with Gasteiger partial charge in [-0.15, -0.1) is 0 Å². The number of fused-ring (bicyclic) bond motifs is 1. The molecule has 1 heterocycles. The number of carbonyl (C=O) groups is 1. The molecule has 1 aromatic heterocycles. The molecule has 0 spiro atoms. The molecule has 0 saturated heterocycles. The van der Waals surface area contributed by atoms with Crippen molar-refractivity contribution in [2.45, 2.75) is 0 Å². The fraction of sp³-hybridized carbons (Fsp3) is 0.0588. The summed E-state index contributed by atoms with van der Waals surface area (Å²) in [6, 6.07) is 13.6. The molecule has 110 valence electrons. The molecule has 2 aromatic carbocycles. The van der Waals surface area contributed by atoms with Crippen LogP contribution in [0.5, 0.6) is 5.75 Å². The summed E-state index contributed by atoms with van der Waals surface area (Å²) in [6.45, 7) is 0. The highest BCUT2D eigenvalue weighted by Crippen LogP contribution is 2.23. The zero-order chi connectivity index (χ0) is 15.7. The third kappa shape index (κ3) is 2.13. The number of nitrogens with zero attached hydrogens (tertiary/aromatic N) is 1. The van der Waals surface area contributed by atoms with Gasteiger partial charge in [0.05, 0.1) is 18.4 Å². The molecule has 0 radical (unpaired) electrons. The lowest BCUT2D eigenvalue weighted by atomic mass is 10.1. The van der Waals surface area contributed by atoms with E-state index in [9.17, 15) is 14.7 Å². The van der Waals surface area contributed by atoms with E-state index in [0.29, 0.717) is 22.2 Å². The van der Waals surface area contributed by atoms with E-state index < -0.39 is 5.97 Å². The lowest BCUT2D eigenvalue weighted by Gasteiger charge is -2.13. The Balaban J connectivity index is 2.43. The van der Waals surface area contributed by atoms with Crippen LogP contribution in [0.4, 0.5) is 0 Å². The van der Waals surface area contributed by atoms with Crippen molar-refractivity contribution in [2.24, 2.45) is 0 Å². The van der Waals surface area contributed by atoms with Gasteiger partial charge in [-0.1, -0.05) is 30.3 Å². The second-order valence-corrected chi connectivity index (χ2v) is 4.74. The molecule has 0 atom stereocenters. The van der Waals surface area contributed by atoms with Gasteiger partial charge in [-0.2, -0.15) is 0 Å². The number of aromatic nitrogens is 1. The largest absolute Gasteiger partial charge is 0.495 e. The molecule has 0 aliphatic rings. The second-order valence-electron chi connectivity index (χ2n) is 4.74. The van der Waals surface area contributed by atoms with Crippen molar-refractivity contribution in [3.05, 3.63) is 70.6 Å². The smallest absolute Gasteiger partial charge is 0.337 e. The molecular formula is C17H13NO4. The van der Waals surface area contributed by atoms with E-state index in [0.717, 1.165) is 0 Å². The Bertz CT molecular complexity index is 927. The Labute approximate surface area is 126 Å². The van der Waals surface area contributed by atoms with Crippen LogP contribution in [-0.4, -0.2) is 22.8 Å². The number of aromatic carboxylic acids is 1. The number of carboxylic acids is 1. The molecule has 0 unspecified atom stereocenters. The number of benzene rings is 2. The monoisotopic (exact) mass is 295 g/mol. The van der Waals surface area contributed by atoms with Crippen LogP contribution >= 0.6 is 0 Å². The summed E-state index contributed by atoms with van der Waals surface area (Å²) in [6.07, 6.45) is 1.34. The van der Waals surface area contributed by atoms with Crippen molar-refractivity contribution in [1.82, 2.24) is 4.57 Å². The molecule has 22 heavy (non-hydrogen) atoms. The van der Waals surface area contributed by atoms with E-state index in [-0.39, 0.29) is 11.1 Å². The standard InChI is InChI=1S/C17H13NO4/c1-22-15-9-5-4-8-14(15)18-10-13(17(20)21)11-6-2-3-7-12(11)16(18)19/h2-10H,1H3,(H,20,21). The molecule has 0 amide bonds. The van der Waals surface area contributed by atoms with Gasteiger partial charge in [0, 0.05) is 17.0 Å². The van der Waals surface area contributed by atoms with Crippen LogP contribution in [0.1, 0.15) is 10.4 Å². The van der Waals surface area contributed by atoms with E-state index in [1.54, 1.807) is 48.5 Å². The van der Waals surface area contributed by atoms with Crippen LogP contribution < -0.4 is 10.3 Å².